The summed E-state index contributed by atoms with van der Waals surface area (Å²) in [7, 11) is 3.29. The minimum atomic E-state index is -0.378. The molecule has 0 unspecified atom stereocenters. The maximum absolute atomic E-state index is 12.5. The lowest BCUT2D eigenvalue weighted by atomic mass is 10.1. The first-order valence-corrected chi connectivity index (χ1v) is 10.00. The number of benzene rings is 2. The normalized spacial score (nSPS) is 10.9. The van der Waals surface area contributed by atoms with Crippen molar-refractivity contribution in [3.63, 3.8) is 0 Å². The number of para-hydroxylation sites is 1. The van der Waals surface area contributed by atoms with Crippen molar-refractivity contribution >= 4 is 29.1 Å². The second-order valence-corrected chi connectivity index (χ2v) is 7.27. The van der Waals surface area contributed by atoms with E-state index in [-0.39, 0.29) is 28.7 Å². The molecule has 0 spiro atoms. The summed E-state index contributed by atoms with van der Waals surface area (Å²) in [5.74, 6) is 0.939. The Morgan fingerprint density at radius 3 is 2.57 bits per heavy atom. The molecule has 4 rings (SSSR count). The largest absolute Gasteiger partial charge is 0.497 e. The van der Waals surface area contributed by atoms with Gasteiger partial charge in [0.2, 0.25) is 11.1 Å². The molecule has 152 valence electrons. The number of thioether (sulfide) groups is 1. The number of anilines is 1. The predicted octanol–water partition coefficient (Wildman–Crippen LogP) is 2.24. The van der Waals surface area contributed by atoms with E-state index in [0.29, 0.717) is 16.5 Å². The van der Waals surface area contributed by atoms with E-state index in [2.05, 4.69) is 20.3 Å². The molecular formula is C20H18N6O3S. The molecule has 9 nitrogen and oxygen atoms in total. The van der Waals surface area contributed by atoms with Crippen molar-refractivity contribution < 1.29 is 9.53 Å². The van der Waals surface area contributed by atoms with Crippen LogP contribution in [0.25, 0.3) is 17.0 Å². The lowest BCUT2D eigenvalue weighted by molar-refractivity contribution is -0.115. The summed E-state index contributed by atoms with van der Waals surface area (Å²) in [5.41, 5.74) is 1.28. The van der Waals surface area contributed by atoms with E-state index in [4.69, 9.17) is 4.74 Å². The summed E-state index contributed by atoms with van der Waals surface area (Å²) >= 11 is 1.20. The number of aromatic amines is 1. The van der Waals surface area contributed by atoms with Gasteiger partial charge in [-0.1, -0.05) is 30.0 Å². The topological polar surface area (TPSA) is 105 Å². The zero-order valence-electron chi connectivity index (χ0n) is 16.3. The van der Waals surface area contributed by atoms with Gasteiger partial charge in [-0.3, -0.25) is 14.6 Å². The molecule has 0 saturated heterocycles. The molecule has 0 fully saturated rings. The highest BCUT2D eigenvalue weighted by Gasteiger charge is 2.16. The van der Waals surface area contributed by atoms with Gasteiger partial charge in [0, 0.05) is 18.3 Å². The highest BCUT2D eigenvalue weighted by molar-refractivity contribution is 7.99. The second-order valence-electron chi connectivity index (χ2n) is 6.33. The van der Waals surface area contributed by atoms with E-state index in [1.54, 1.807) is 43.3 Å². The van der Waals surface area contributed by atoms with Gasteiger partial charge in [0.1, 0.15) is 5.75 Å². The van der Waals surface area contributed by atoms with E-state index in [1.807, 2.05) is 30.3 Å². The van der Waals surface area contributed by atoms with Crippen LogP contribution in [0, 0.1) is 0 Å². The Morgan fingerprint density at radius 1 is 1.13 bits per heavy atom. The third-order valence-electron chi connectivity index (χ3n) is 4.46. The number of carbonyl (C=O) groups excluding carboxylic acids is 1. The van der Waals surface area contributed by atoms with Crippen LogP contribution in [-0.4, -0.2) is 50.6 Å². The molecule has 0 aliphatic heterocycles. The van der Waals surface area contributed by atoms with Crippen molar-refractivity contribution in [2.45, 2.75) is 5.16 Å². The van der Waals surface area contributed by atoms with Crippen LogP contribution >= 0.6 is 11.8 Å². The smallest absolute Gasteiger partial charge is 0.279 e. The molecule has 4 aromatic rings. The summed E-state index contributed by atoms with van der Waals surface area (Å²) in [6, 6.07) is 16.4. The third kappa shape index (κ3) is 3.90. The van der Waals surface area contributed by atoms with Gasteiger partial charge >= 0.3 is 0 Å². The van der Waals surface area contributed by atoms with Gasteiger partial charge in [-0.15, -0.1) is 10.2 Å². The summed E-state index contributed by atoms with van der Waals surface area (Å²) in [6.45, 7) is 0. The molecule has 10 heteroatoms. The molecule has 0 aliphatic carbocycles. The number of nitrogens with zero attached hydrogens (tertiary/aromatic N) is 5. The minimum Gasteiger partial charge on any atom is -0.497 e. The number of ether oxygens (including phenoxy) is 1. The molecule has 0 aliphatic rings. The molecule has 0 radical (unpaired) electrons. The molecule has 2 aromatic carbocycles. The Kier molecular flexibility index (Phi) is 5.48. The molecule has 2 heterocycles. The number of H-pyrrole nitrogens is 1. The fourth-order valence-corrected chi connectivity index (χ4v) is 3.58. The first-order valence-electron chi connectivity index (χ1n) is 9.01. The third-order valence-corrected chi connectivity index (χ3v) is 5.36. The second kappa shape index (κ2) is 8.37. The lowest BCUT2D eigenvalue weighted by Gasteiger charge is -2.16. The summed E-state index contributed by atoms with van der Waals surface area (Å²) in [5, 5.41) is 12.8. The average molecular weight is 422 g/mol. The van der Waals surface area contributed by atoms with Gasteiger partial charge in [0.25, 0.3) is 11.3 Å². The number of carbonyl (C=O) groups is 1. The van der Waals surface area contributed by atoms with Crippen molar-refractivity contribution in [3.05, 3.63) is 65.0 Å². The number of hydrogen-bond donors (Lipinski definition) is 1. The van der Waals surface area contributed by atoms with Crippen LogP contribution in [0.2, 0.25) is 0 Å². The molecule has 0 atom stereocenters. The van der Waals surface area contributed by atoms with Crippen LogP contribution in [0.3, 0.4) is 0 Å². The fourth-order valence-electron chi connectivity index (χ4n) is 2.79. The quantitative estimate of drug-likeness (QED) is 0.475. The maximum atomic E-state index is 12.5. The molecule has 2 aromatic heterocycles. The highest BCUT2D eigenvalue weighted by Crippen LogP contribution is 2.21. The summed E-state index contributed by atoms with van der Waals surface area (Å²) in [6.07, 6.45) is 0. The van der Waals surface area contributed by atoms with Gasteiger partial charge in [0.15, 0.2) is 5.69 Å². The van der Waals surface area contributed by atoms with Crippen LogP contribution in [-0.2, 0) is 4.79 Å². The zero-order chi connectivity index (χ0) is 21.1. The lowest BCUT2D eigenvalue weighted by Crippen LogP contribution is -2.27. The van der Waals surface area contributed by atoms with Gasteiger partial charge in [-0.05, 0) is 36.4 Å². The molecule has 1 N–H and O–H groups in total. The number of aromatic nitrogens is 5. The van der Waals surface area contributed by atoms with Crippen LogP contribution in [0.4, 0.5) is 5.69 Å². The Morgan fingerprint density at radius 2 is 1.87 bits per heavy atom. The van der Waals surface area contributed by atoms with E-state index < -0.39 is 0 Å². The van der Waals surface area contributed by atoms with Crippen LogP contribution in [0.1, 0.15) is 0 Å². The number of methoxy groups -OCH3 is 1. The molecule has 1 amide bonds. The van der Waals surface area contributed by atoms with Gasteiger partial charge in [0.05, 0.1) is 12.9 Å². The maximum Gasteiger partial charge on any atom is 0.279 e. The van der Waals surface area contributed by atoms with E-state index >= 15 is 0 Å². The Hall–Kier alpha value is -3.66. The number of rotatable bonds is 6. The van der Waals surface area contributed by atoms with Gasteiger partial charge < -0.3 is 9.64 Å². The number of hydrogen-bond acceptors (Lipinski definition) is 7. The summed E-state index contributed by atoms with van der Waals surface area (Å²) in [4.78, 5) is 29.2. The van der Waals surface area contributed by atoms with Crippen molar-refractivity contribution in [2.75, 3.05) is 24.8 Å². The van der Waals surface area contributed by atoms with Crippen molar-refractivity contribution in [3.8, 4) is 17.0 Å². The number of nitrogens with one attached hydrogen (secondary N) is 1. The highest BCUT2D eigenvalue weighted by atomic mass is 32.2. The van der Waals surface area contributed by atoms with Crippen molar-refractivity contribution in [1.82, 2.24) is 24.8 Å². The van der Waals surface area contributed by atoms with E-state index in [1.165, 1.54) is 16.3 Å². The molecule has 0 saturated carbocycles. The molecule has 30 heavy (non-hydrogen) atoms. The standard InChI is InChI=1S/C20H18N6O3S/c1-25(14-6-4-3-5-7-14)16(27)12-30-20-23-22-19-21-18(28)17(24-26(19)20)13-8-10-15(29-2)11-9-13/h3-11H,12H2,1-2H3,(H,21,22,28). The fraction of sp³-hybridized carbons (Fsp3) is 0.150. The first kappa shape index (κ1) is 19.6. The van der Waals surface area contributed by atoms with Crippen LogP contribution < -0.4 is 15.2 Å². The van der Waals surface area contributed by atoms with Gasteiger partial charge in [-0.25, -0.2) is 0 Å². The number of fused-ring (bicyclic) bond motifs is 1. The zero-order valence-corrected chi connectivity index (χ0v) is 17.1. The van der Waals surface area contributed by atoms with Crippen molar-refractivity contribution in [2.24, 2.45) is 0 Å². The monoisotopic (exact) mass is 422 g/mol. The average Bonchev–Trinajstić information content (AvgIpc) is 3.18. The Bertz CT molecular complexity index is 1240. The first-order chi connectivity index (χ1) is 14.6. The van der Waals surface area contributed by atoms with Crippen LogP contribution in [0.15, 0.2) is 64.5 Å². The van der Waals surface area contributed by atoms with E-state index in [0.717, 1.165) is 5.69 Å². The predicted molar refractivity (Wildman–Crippen MR) is 114 cm³/mol. The van der Waals surface area contributed by atoms with Crippen LogP contribution in [0.5, 0.6) is 5.75 Å². The summed E-state index contributed by atoms with van der Waals surface area (Å²) < 4.78 is 6.58. The van der Waals surface area contributed by atoms with Crippen molar-refractivity contribution in [1.29, 1.82) is 0 Å². The Balaban J connectivity index is 1.57. The Labute approximate surface area is 175 Å². The minimum absolute atomic E-state index is 0.0947. The number of amides is 1. The molecule has 0 bridgehead atoms. The van der Waals surface area contributed by atoms with Gasteiger partial charge in [-0.2, -0.15) is 9.61 Å². The molecular weight excluding hydrogens is 404 g/mol. The van der Waals surface area contributed by atoms with E-state index in [9.17, 15) is 9.59 Å². The SMILES string of the molecule is COc1ccc(-c2nn3c(SCC(=O)N(C)c4ccccc4)nnc3[nH]c2=O)cc1.